The summed E-state index contributed by atoms with van der Waals surface area (Å²) in [7, 11) is 0. The number of anilines is 6. The first kappa shape index (κ1) is 84.8. The monoisotopic (exact) mass is 1600 g/mol. The van der Waals surface area contributed by atoms with Crippen molar-refractivity contribution >= 4 is 79.0 Å². The Kier molecular flexibility index (Phi) is 20.5. The van der Waals surface area contributed by atoms with Gasteiger partial charge in [-0.3, -0.25) is 4.98 Å². The Labute approximate surface area is 732 Å². The van der Waals surface area contributed by atoms with Crippen LogP contribution in [-0.4, -0.2) is 16.3 Å². The van der Waals surface area contributed by atoms with Gasteiger partial charge in [0.2, 0.25) is 0 Å². The zero-order chi connectivity index (χ0) is 87.8. The third kappa shape index (κ3) is 15.7. The van der Waals surface area contributed by atoms with E-state index < -0.39 is 0 Å². The first-order valence-electron chi connectivity index (χ1n) is 44.8. The Bertz CT molecular complexity index is 6220. The molecule has 2 aromatic heterocycles. The summed E-state index contributed by atoms with van der Waals surface area (Å²) in [5.41, 5.74) is 38.5. The Morgan fingerprint density at radius 3 is 0.869 bits per heavy atom. The van der Waals surface area contributed by atoms with E-state index in [-0.39, 0.29) is 60.9 Å². The molecule has 0 spiro atoms. The van der Waals surface area contributed by atoms with Gasteiger partial charge in [-0.1, -0.05) is 365 Å². The van der Waals surface area contributed by atoms with Crippen LogP contribution in [0.3, 0.4) is 0 Å². The quantitative estimate of drug-likeness (QED) is 0.135. The van der Waals surface area contributed by atoms with Crippen LogP contribution in [0, 0.1) is 0 Å². The Balaban J connectivity index is 1.17. The van der Waals surface area contributed by atoms with Gasteiger partial charge >= 0.3 is 0 Å². The van der Waals surface area contributed by atoms with Gasteiger partial charge in [0, 0.05) is 83.7 Å². The third-order valence-electron chi connectivity index (χ3n) is 26.1. The minimum atomic E-state index is -0.304. The summed E-state index contributed by atoms with van der Waals surface area (Å²) < 4.78 is 2.60. The van der Waals surface area contributed by atoms with Gasteiger partial charge in [0.25, 0.3) is 6.71 Å². The SMILES string of the molecule is CC(C)(C)c1cc(-c2ccc3c(c2)N(c2c(-c4ccccc4)cc(C(C)(C)C)cc2-c2ccccc2)c2cc(-c4cc(C(C)(C)C)cc(C(C)(C)C)c4)cc4c2B3c2ccc(-n3c5ccc(C(C)(C)C)cc5c5cc(C(C)(C)C)ccc53)cc2N4c2c(-c3ccccc3)cc(C(C)(C)C)cc2-c2cc(C(C)(C)C)nc(C(C)(C)C)c2)cc(C(C)(C)C)c1. The molecule has 122 heavy (non-hydrogen) atoms. The second-order valence-electron chi connectivity index (χ2n) is 46.0. The smallest absolute Gasteiger partial charge is 0.252 e. The van der Waals surface area contributed by atoms with Crippen LogP contribution in [0.1, 0.15) is 264 Å². The zero-order valence-electron chi connectivity index (χ0n) is 79.0. The summed E-state index contributed by atoms with van der Waals surface area (Å²) in [5.74, 6) is 0. The van der Waals surface area contributed by atoms with Gasteiger partial charge in [-0.2, -0.15) is 0 Å². The Morgan fingerprint density at radius 2 is 0.525 bits per heavy atom. The fraction of sp³-hybridized carbons (Fsp3) is 0.342. The molecule has 622 valence electrons. The second-order valence-corrected chi connectivity index (χ2v) is 46.0. The van der Waals surface area contributed by atoms with Crippen molar-refractivity contribution < 1.29 is 0 Å². The lowest BCUT2D eigenvalue weighted by atomic mass is 9.33. The maximum absolute atomic E-state index is 5.70. The lowest BCUT2D eigenvalue weighted by Gasteiger charge is -2.46. The van der Waals surface area contributed by atoms with Crippen LogP contribution < -0.4 is 26.2 Å². The van der Waals surface area contributed by atoms with Gasteiger partial charge in [0.05, 0.1) is 22.4 Å². The number of nitrogens with zero attached hydrogens (tertiary/aromatic N) is 4. The molecule has 0 N–H and O–H groups in total. The maximum Gasteiger partial charge on any atom is 0.252 e. The van der Waals surface area contributed by atoms with E-state index in [0.29, 0.717) is 0 Å². The average Bonchev–Trinajstić information content (AvgIpc) is 1.37. The van der Waals surface area contributed by atoms with Crippen LogP contribution in [0.2, 0.25) is 0 Å². The average molecular weight is 1600 g/mol. The normalized spacial score (nSPS) is 13.8. The molecule has 4 heterocycles. The van der Waals surface area contributed by atoms with Crippen molar-refractivity contribution in [1.82, 2.24) is 9.55 Å². The van der Waals surface area contributed by atoms with Crippen LogP contribution in [0.15, 0.2) is 249 Å². The van der Waals surface area contributed by atoms with Crippen LogP contribution in [0.5, 0.6) is 0 Å². The van der Waals surface area contributed by atoms with Crippen molar-refractivity contribution in [2.45, 2.75) is 262 Å². The van der Waals surface area contributed by atoms with E-state index >= 15 is 0 Å². The van der Waals surface area contributed by atoms with Crippen LogP contribution in [0.4, 0.5) is 34.1 Å². The molecule has 2 aliphatic heterocycles. The molecule has 16 rings (SSSR count). The molecule has 0 fully saturated rings. The molecule has 0 bridgehead atoms. The van der Waals surface area contributed by atoms with Crippen LogP contribution in [-0.2, 0) is 54.1 Å². The minimum absolute atomic E-state index is 0.0859. The lowest BCUT2D eigenvalue weighted by molar-refractivity contribution is 0.531. The van der Waals surface area contributed by atoms with Crippen molar-refractivity contribution in [1.29, 1.82) is 0 Å². The number of hydrogen-bond acceptors (Lipinski definition) is 3. The summed E-state index contributed by atoms with van der Waals surface area (Å²) in [4.78, 5) is 11.3. The van der Waals surface area contributed by atoms with Gasteiger partial charge in [0.1, 0.15) is 0 Å². The highest BCUT2D eigenvalue weighted by molar-refractivity contribution is 7.00. The Morgan fingerprint density at radius 1 is 0.221 bits per heavy atom. The number of pyridine rings is 1. The molecule has 0 radical (unpaired) electrons. The van der Waals surface area contributed by atoms with Crippen LogP contribution >= 0.6 is 0 Å². The number of hydrogen-bond donors (Lipinski definition) is 0. The summed E-state index contributed by atoms with van der Waals surface area (Å²) >= 11 is 0. The molecule has 0 aliphatic carbocycles. The minimum Gasteiger partial charge on any atom is -0.310 e. The van der Waals surface area contributed by atoms with Crippen molar-refractivity contribution in [2.75, 3.05) is 9.80 Å². The second kappa shape index (κ2) is 29.5. The van der Waals surface area contributed by atoms with Gasteiger partial charge in [0.15, 0.2) is 0 Å². The highest BCUT2D eigenvalue weighted by Crippen LogP contribution is 2.57. The van der Waals surface area contributed by atoms with Crippen molar-refractivity contribution in [3.63, 3.8) is 0 Å². The fourth-order valence-corrected chi connectivity index (χ4v) is 18.3. The molecule has 4 nitrogen and oxygen atoms in total. The predicted molar refractivity (Wildman–Crippen MR) is 532 cm³/mol. The molecular formula is C117H131BN4. The largest absolute Gasteiger partial charge is 0.310 e. The van der Waals surface area contributed by atoms with E-state index in [1.165, 1.54) is 111 Å². The summed E-state index contributed by atoms with van der Waals surface area (Å²) in [6.45, 7) is 70.6. The van der Waals surface area contributed by atoms with E-state index in [9.17, 15) is 0 Å². The molecule has 2 aliphatic rings. The van der Waals surface area contributed by atoms with E-state index in [4.69, 9.17) is 4.98 Å². The first-order chi connectivity index (χ1) is 56.8. The summed E-state index contributed by atoms with van der Waals surface area (Å²) in [6, 6.07) is 99.3. The molecule has 0 amide bonds. The zero-order valence-corrected chi connectivity index (χ0v) is 79.0. The van der Waals surface area contributed by atoms with E-state index in [0.717, 1.165) is 90.1 Å². The molecule has 14 aromatic rings. The number of rotatable bonds is 9. The topological polar surface area (TPSA) is 24.3 Å². The van der Waals surface area contributed by atoms with Gasteiger partial charge in [-0.25, -0.2) is 0 Å². The van der Waals surface area contributed by atoms with Gasteiger partial charge in [-0.05, 0) is 240 Å². The highest BCUT2D eigenvalue weighted by atomic mass is 15.2. The van der Waals surface area contributed by atoms with E-state index in [2.05, 4.69) is 471 Å². The van der Waals surface area contributed by atoms with Gasteiger partial charge in [-0.15, -0.1) is 0 Å². The molecular weight excluding hydrogens is 1470 g/mol. The highest BCUT2D eigenvalue weighted by Gasteiger charge is 2.47. The summed E-state index contributed by atoms with van der Waals surface area (Å²) in [5, 5.41) is 2.52. The maximum atomic E-state index is 5.70. The number of aromatic nitrogens is 2. The molecule has 0 unspecified atom stereocenters. The molecule has 0 saturated carbocycles. The van der Waals surface area contributed by atoms with Crippen molar-refractivity contribution in [2.24, 2.45) is 0 Å². The molecule has 5 heteroatoms. The summed E-state index contributed by atoms with van der Waals surface area (Å²) in [6.07, 6.45) is 0. The van der Waals surface area contributed by atoms with Crippen LogP contribution in [0.25, 0.3) is 94.3 Å². The Hall–Kier alpha value is -10.7. The lowest BCUT2D eigenvalue weighted by Crippen LogP contribution is -2.61. The molecule has 0 atom stereocenters. The molecule has 12 aromatic carbocycles. The first-order valence-corrected chi connectivity index (χ1v) is 44.8. The fourth-order valence-electron chi connectivity index (χ4n) is 18.3. The van der Waals surface area contributed by atoms with E-state index in [1.54, 1.807) is 0 Å². The van der Waals surface area contributed by atoms with Crippen molar-refractivity contribution in [3.8, 4) is 72.4 Å². The molecule has 0 saturated heterocycles. The standard InChI is InChI=1S/C117H131BN4/c1-108(2,3)80-47-52-97-93(65-80)94-66-81(109(4,5)6)48-53-98(94)120(97)88-49-51-96-100(71-88)122(107-91(74-44-38-33-39-45-74)69-87(115(22,23)24)70-92(107)79-61-103(116(25,26)27)119-104(62-79)117(28,29)30)102-60-78(77-56-84(112(13,14)15)64-85(57-77)113(16,17)18)59-101-105(102)118(96)95-50-46-75(76-54-82(110(7,8)9)63-83(55-76)111(10,11)12)58-99(95)121(101)106-89(72-40-34-31-35-41-72)67-86(114(19,20)21)68-90(106)73-42-36-32-37-43-73/h31-71H,1-30H3. The number of benzene rings is 12. The van der Waals surface area contributed by atoms with Gasteiger partial charge < -0.3 is 14.4 Å². The third-order valence-corrected chi connectivity index (χ3v) is 26.1. The van der Waals surface area contributed by atoms with Crippen molar-refractivity contribution in [3.05, 3.63) is 305 Å². The number of fused-ring (bicyclic) bond motifs is 7. The predicted octanol–water partition coefficient (Wildman–Crippen LogP) is 31.2. The van der Waals surface area contributed by atoms with E-state index in [1.807, 2.05) is 0 Å².